The standard InChI is InChI=1S/C18H25N3O2/c1-2-5-18(6-3-1)21-12-10-20(11-13-21)9-4-14-22-15-7-17-8-16-23-19-17/h1-3,5-6,8,16H,4,7,9-15H2. The smallest absolute Gasteiger partial charge is 0.124 e. The number of hydrogen-bond acceptors (Lipinski definition) is 5. The van der Waals surface area contributed by atoms with Crippen LogP contribution in [-0.2, 0) is 11.2 Å². The Morgan fingerprint density at radius 2 is 1.83 bits per heavy atom. The summed E-state index contributed by atoms with van der Waals surface area (Å²) >= 11 is 0. The molecule has 1 aromatic carbocycles. The molecule has 0 aliphatic carbocycles. The highest BCUT2D eigenvalue weighted by molar-refractivity contribution is 5.46. The summed E-state index contributed by atoms with van der Waals surface area (Å²) in [5, 5.41) is 3.87. The van der Waals surface area contributed by atoms with E-state index in [0.717, 1.165) is 57.9 Å². The molecule has 23 heavy (non-hydrogen) atoms. The van der Waals surface area contributed by atoms with Crippen molar-refractivity contribution in [1.29, 1.82) is 0 Å². The zero-order valence-electron chi connectivity index (χ0n) is 13.6. The van der Waals surface area contributed by atoms with Gasteiger partial charge in [-0.1, -0.05) is 23.4 Å². The van der Waals surface area contributed by atoms with Crippen LogP contribution >= 0.6 is 0 Å². The van der Waals surface area contributed by atoms with E-state index in [1.165, 1.54) is 5.69 Å². The predicted molar refractivity (Wildman–Crippen MR) is 90.7 cm³/mol. The summed E-state index contributed by atoms with van der Waals surface area (Å²) in [6, 6.07) is 12.6. The highest BCUT2D eigenvalue weighted by atomic mass is 16.5. The molecule has 124 valence electrons. The molecule has 1 aromatic heterocycles. The zero-order chi connectivity index (χ0) is 15.7. The summed E-state index contributed by atoms with van der Waals surface area (Å²) in [4.78, 5) is 4.99. The predicted octanol–water partition coefficient (Wildman–Crippen LogP) is 2.45. The minimum absolute atomic E-state index is 0.717. The van der Waals surface area contributed by atoms with Crippen LogP contribution in [0.4, 0.5) is 5.69 Å². The second kappa shape index (κ2) is 8.70. The number of ether oxygens (including phenoxy) is 1. The normalized spacial score (nSPS) is 15.9. The van der Waals surface area contributed by atoms with Gasteiger partial charge in [-0.25, -0.2) is 0 Å². The lowest BCUT2D eigenvalue weighted by Gasteiger charge is -2.36. The molecule has 0 bridgehead atoms. The molecule has 2 aromatic rings. The Morgan fingerprint density at radius 3 is 2.57 bits per heavy atom. The molecule has 1 fully saturated rings. The van der Waals surface area contributed by atoms with E-state index < -0.39 is 0 Å². The summed E-state index contributed by atoms with van der Waals surface area (Å²) in [5.41, 5.74) is 2.30. The van der Waals surface area contributed by atoms with Crippen molar-refractivity contribution < 1.29 is 9.26 Å². The molecule has 0 saturated carbocycles. The third kappa shape index (κ3) is 5.08. The van der Waals surface area contributed by atoms with Gasteiger partial charge in [0.15, 0.2) is 0 Å². The van der Waals surface area contributed by atoms with Gasteiger partial charge in [0.25, 0.3) is 0 Å². The van der Waals surface area contributed by atoms with Crippen molar-refractivity contribution in [3.63, 3.8) is 0 Å². The van der Waals surface area contributed by atoms with Gasteiger partial charge >= 0.3 is 0 Å². The van der Waals surface area contributed by atoms with Crippen LogP contribution in [0.3, 0.4) is 0 Å². The van der Waals surface area contributed by atoms with E-state index in [0.29, 0.717) is 6.61 Å². The number of nitrogens with zero attached hydrogens (tertiary/aromatic N) is 3. The van der Waals surface area contributed by atoms with Crippen molar-refractivity contribution in [3.8, 4) is 0 Å². The molecule has 2 heterocycles. The van der Waals surface area contributed by atoms with Crippen LogP contribution in [0.15, 0.2) is 47.2 Å². The van der Waals surface area contributed by atoms with Gasteiger partial charge in [0.1, 0.15) is 6.26 Å². The van der Waals surface area contributed by atoms with Crippen LogP contribution < -0.4 is 4.90 Å². The molecule has 0 spiro atoms. The van der Waals surface area contributed by atoms with Gasteiger partial charge in [-0.05, 0) is 18.6 Å². The fourth-order valence-electron chi connectivity index (χ4n) is 2.90. The van der Waals surface area contributed by atoms with Gasteiger partial charge in [0.05, 0.1) is 12.3 Å². The monoisotopic (exact) mass is 315 g/mol. The van der Waals surface area contributed by atoms with E-state index in [2.05, 4.69) is 45.3 Å². The maximum atomic E-state index is 5.67. The molecule has 1 aliphatic heterocycles. The summed E-state index contributed by atoms with van der Waals surface area (Å²) in [6.45, 7) is 7.13. The number of benzene rings is 1. The Morgan fingerprint density at radius 1 is 1.00 bits per heavy atom. The number of anilines is 1. The number of rotatable bonds is 8. The van der Waals surface area contributed by atoms with Crippen molar-refractivity contribution in [3.05, 3.63) is 48.4 Å². The molecule has 0 amide bonds. The van der Waals surface area contributed by atoms with Gasteiger partial charge < -0.3 is 14.2 Å². The van der Waals surface area contributed by atoms with E-state index in [1.54, 1.807) is 6.26 Å². The minimum atomic E-state index is 0.717. The Hall–Kier alpha value is -1.85. The number of para-hydroxylation sites is 1. The van der Waals surface area contributed by atoms with Crippen LogP contribution in [-0.4, -0.2) is 56.0 Å². The highest BCUT2D eigenvalue weighted by Crippen LogP contribution is 2.15. The zero-order valence-corrected chi connectivity index (χ0v) is 13.6. The van der Waals surface area contributed by atoms with Crippen LogP contribution in [0.5, 0.6) is 0 Å². The second-order valence-corrected chi connectivity index (χ2v) is 5.87. The van der Waals surface area contributed by atoms with Gasteiger partial charge in [0, 0.05) is 57.5 Å². The molecular weight excluding hydrogens is 290 g/mol. The maximum Gasteiger partial charge on any atom is 0.124 e. The Balaban J connectivity index is 1.25. The van der Waals surface area contributed by atoms with Crippen molar-refractivity contribution >= 4 is 5.69 Å². The van der Waals surface area contributed by atoms with Crippen LogP contribution in [0, 0.1) is 0 Å². The Bertz CT molecular complexity index is 537. The summed E-state index contributed by atoms with van der Waals surface area (Å²) in [6.07, 6.45) is 3.51. The van der Waals surface area contributed by atoms with Gasteiger partial charge in [0.2, 0.25) is 0 Å². The minimum Gasteiger partial charge on any atom is -0.381 e. The molecule has 1 aliphatic rings. The highest BCUT2D eigenvalue weighted by Gasteiger charge is 2.16. The van der Waals surface area contributed by atoms with Gasteiger partial charge in [-0.3, -0.25) is 4.90 Å². The quantitative estimate of drug-likeness (QED) is 0.700. The largest absolute Gasteiger partial charge is 0.381 e. The molecule has 5 heteroatoms. The van der Waals surface area contributed by atoms with Crippen molar-refractivity contribution in [2.45, 2.75) is 12.8 Å². The van der Waals surface area contributed by atoms with Gasteiger partial charge in [-0.15, -0.1) is 0 Å². The fraction of sp³-hybridized carbons (Fsp3) is 0.500. The summed E-state index contributed by atoms with van der Waals surface area (Å²) in [7, 11) is 0. The number of hydrogen-bond donors (Lipinski definition) is 0. The number of piperazine rings is 1. The van der Waals surface area contributed by atoms with E-state index in [1.807, 2.05) is 6.07 Å². The molecule has 3 rings (SSSR count). The molecule has 0 N–H and O–H groups in total. The van der Waals surface area contributed by atoms with Crippen molar-refractivity contribution in [2.75, 3.05) is 50.8 Å². The van der Waals surface area contributed by atoms with Crippen molar-refractivity contribution in [2.24, 2.45) is 0 Å². The molecule has 1 saturated heterocycles. The average molecular weight is 315 g/mol. The SMILES string of the molecule is c1ccc(N2CCN(CCCOCCc3ccon3)CC2)cc1. The third-order valence-corrected chi connectivity index (χ3v) is 4.25. The van der Waals surface area contributed by atoms with Crippen LogP contribution in [0.1, 0.15) is 12.1 Å². The fourth-order valence-corrected chi connectivity index (χ4v) is 2.90. The maximum absolute atomic E-state index is 5.67. The molecule has 0 unspecified atom stereocenters. The van der Waals surface area contributed by atoms with Crippen LogP contribution in [0.25, 0.3) is 0 Å². The molecule has 0 atom stereocenters. The molecular formula is C18H25N3O2. The first-order valence-corrected chi connectivity index (χ1v) is 8.41. The lowest BCUT2D eigenvalue weighted by Crippen LogP contribution is -2.46. The van der Waals surface area contributed by atoms with E-state index in [4.69, 9.17) is 9.26 Å². The molecule has 0 radical (unpaired) electrons. The number of aromatic nitrogens is 1. The summed E-state index contributed by atoms with van der Waals surface area (Å²) in [5.74, 6) is 0. The third-order valence-electron chi connectivity index (χ3n) is 4.25. The van der Waals surface area contributed by atoms with Gasteiger partial charge in [-0.2, -0.15) is 0 Å². The first-order valence-electron chi connectivity index (χ1n) is 8.41. The van der Waals surface area contributed by atoms with E-state index >= 15 is 0 Å². The van der Waals surface area contributed by atoms with E-state index in [-0.39, 0.29) is 0 Å². The van der Waals surface area contributed by atoms with E-state index in [9.17, 15) is 0 Å². The lowest BCUT2D eigenvalue weighted by atomic mass is 10.2. The molecule has 5 nitrogen and oxygen atoms in total. The van der Waals surface area contributed by atoms with Crippen LogP contribution in [0.2, 0.25) is 0 Å². The topological polar surface area (TPSA) is 41.7 Å². The second-order valence-electron chi connectivity index (χ2n) is 5.87. The Labute approximate surface area is 137 Å². The summed E-state index contributed by atoms with van der Waals surface area (Å²) < 4.78 is 10.5. The van der Waals surface area contributed by atoms with Crippen molar-refractivity contribution in [1.82, 2.24) is 10.1 Å². The Kier molecular flexibility index (Phi) is 6.06. The first kappa shape index (κ1) is 16.0. The average Bonchev–Trinajstić information content (AvgIpc) is 3.13. The first-order chi connectivity index (χ1) is 11.4. The lowest BCUT2D eigenvalue weighted by molar-refractivity contribution is 0.121.